The molecule has 0 spiro atoms. The van der Waals surface area contributed by atoms with Crippen LogP contribution in [-0.4, -0.2) is 23.7 Å². The van der Waals surface area contributed by atoms with E-state index in [1.54, 1.807) is 0 Å². The Labute approximate surface area is 398 Å². The number of nitrogens with zero attached hydrogens (tertiary/aromatic N) is 5. The summed E-state index contributed by atoms with van der Waals surface area (Å²) >= 11 is 0. The lowest BCUT2D eigenvalue weighted by Crippen LogP contribution is -2.01. The van der Waals surface area contributed by atoms with Crippen LogP contribution in [0.1, 0.15) is 0 Å². The fraction of sp³-hybridized carbons (Fsp3) is 0. The Balaban J connectivity index is 0.953. The second kappa shape index (κ2) is 15.7. The average molecular weight is 880 g/mol. The molecule has 0 saturated heterocycles. The van der Waals surface area contributed by atoms with Crippen molar-refractivity contribution in [2.75, 3.05) is 0 Å². The van der Waals surface area contributed by atoms with E-state index in [4.69, 9.17) is 9.97 Å². The molecule has 4 heterocycles. The molecule has 0 unspecified atom stereocenters. The van der Waals surface area contributed by atoms with E-state index in [2.05, 4.69) is 262 Å². The molecule has 0 bridgehead atoms. The van der Waals surface area contributed by atoms with E-state index in [0.717, 1.165) is 78.3 Å². The van der Waals surface area contributed by atoms with Crippen LogP contribution in [0.3, 0.4) is 0 Å². The van der Waals surface area contributed by atoms with Crippen molar-refractivity contribution in [3.63, 3.8) is 0 Å². The predicted octanol–water partition coefficient (Wildman–Crippen LogP) is 16.4. The van der Waals surface area contributed by atoms with Gasteiger partial charge in [0, 0.05) is 66.1 Å². The SMILES string of the molecule is c1ccc(-c2cc(-c3cc(-n4c5ccccc5c5ccccc54)cc(-n4c5ccccc5c5ccccc54)c3)nc(-c3cccc(-c4ccc(-n5c6ccccc6c6ccccc65)cc4)c3)n2)cc1. The monoisotopic (exact) mass is 879 g/mol. The third-order valence-corrected chi connectivity index (χ3v) is 13.8. The zero-order valence-electron chi connectivity index (χ0n) is 37.4. The zero-order chi connectivity index (χ0) is 45.4. The number of para-hydroxylation sites is 6. The molecular weight excluding hydrogens is 839 g/mol. The number of hydrogen-bond acceptors (Lipinski definition) is 2. The lowest BCUT2D eigenvalue weighted by atomic mass is 10.0. The van der Waals surface area contributed by atoms with Crippen molar-refractivity contribution in [3.05, 3.63) is 249 Å². The molecule has 14 rings (SSSR count). The van der Waals surface area contributed by atoms with Crippen molar-refractivity contribution in [1.82, 2.24) is 23.7 Å². The first-order valence-corrected chi connectivity index (χ1v) is 23.5. The smallest absolute Gasteiger partial charge is 0.160 e. The second-order valence-corrected chi connectivity index (χ2v) is 17.8. The molecule has 0 N–H and O–H groups in total. The third kappa shape index (κ3) is 6.32. The number of fused-ring (bicyclic) bond motifs is 9. The Morgan fingerprint density at radius 2 is 0.580 bits per heavy atom. The Bertz CT molecular complexity index is 4010. The highest BCUT2D eigenvalue weighted by molar-refractivity contribution is 6.11. The molecule has 0 amide bonds. The van der Waals surface area contributed by atoms with Gasteiger partial charge in [0.1, 0.15) is 0 Å². The van der Waals surface area contributed by atoms with Crippen LogP contribution >= 0.6 is 0 Å². The van der Waals surface area contributed by atoms with Gasteiger partial charge in [-0.3, -0.25) is 0 Å². The molecule has 14 aromatic rings. The summed E-state index contributed by atoms with van der Waals surface area (Å²) in [6, 6.07) is 89.2. The van der Waals surface area contributed by atoms with Gasteiger partial charge in [0.05, 0.1) is 44.5 Å². The maximum atomic E-state index is 5.50. The molecule has 0 saturated carbocycles. The molecule has 69 heavy (non-hydrogen) atoms. The van der Waals surface area contributed by atoms with Crippen molar-refractivity contribution >= 4 is 65.4 Å². The topological polar surface area (TPSA) is 40.6 Å². The van der Waals surface area contributed by atoms with E-state index in [0.29, 0.717) is 5.82 Å². The predicted molar refractivity (Wildman–Crippen MR) is 287 cm³/mol. The first kappa shape index (κ1) is 38.9. The standard InChI is InChI=1S/C64H41N5/c1-2-17-43(18-3-1)56-41-57(66-64(65-56)45-20-16-19-44(37-45)42-33-35-47(36-34-42)67-58-27-10-4-21-50(58)51-22-5-11-28-59(51)67)46-38-48(68-60-29-12-6-23-52(60)53-24-7-13-30-61(53)68)40-49(39-46)69-62-31-14-8-25-54(62)55-26-9-15-32-63(55)69/h1-41H. The zero-order valence-corrected chi connectivity index (χ0v) is 37.4. The van der Waals surface area contributed by atoms with E-state index in [9.17, 15) is 0 Å². The number of benzene rings is 10. The molecule has 0 aliphatic carbocycles. The summed E-state index contributed by atoms with van der Waals surface area (Å²) in [4.78, 5) is 10.8. The molecule has 4 aromatic heterocycles. The van der Waals surface area contributed by atoms with E-state index in [-0.39, 0.29) is 0 Å². The van der Waals surface area contributed by atoms with E-state index >= 15 is 0 Å². The molecule has 322 valence electrons. The average Bonchev–Trinajstić information content (AvgIpc) is 4.07. The minimum absolute atomic E-state index is 0.663. The molecule has 0 aliphatic rings. The molecule has 0 radical (unpaired) electrons. The first-order chi connectivity index (χ1) is 34.2. The van der Waals surface area contributed by atoms with Gasteiger partial charge in [0.25, 0.3) is 0 Å². The summed E-state index contributed by atoms with van der Waals surface area (Å²) in [5, 5.41) is 7.37. The summed E-state index contributed by atoms with van der Waals surface area (Å²) in [5.74, 6) is 0.663. The van der Waals surface area contributed by atoms with Crippen LogP contribution < -0.4 is 0 Å². The Morgan fingerprint density at radius 1 is 0.217 bits per heavy atom. The van der Waals surface area contributed by atoms with E-state index < -0.39 is 0 Å². The highest BCUT2D eigenvalue weighted by Gasteiger charge is 2.20. The molecule has 5 heteroatoms. The van der Waals surface area contributed by atoms with Crippen LogP contribution in [0.5, 0.6) is 0 Å². The first-order valence-electron chi connectivity index (χ1n) is 23.5. The minimum atomic E-state index is 0.663. The van der Waals surface area contributed by atoms with Crippen molar-refractivity contribution < 1.29 is 0 Å². The Kier molecular flexibility index (Phi) is 8.83. The second-order valence-electron chi connectivity index (χ2n) is 17.8. The molecular formula is C64H41N5. The van der Waals surface area contributed by atoms with Gasteiger partial charge in [-0.2, -0.15) is 0 Å². The van der Waals surface area contributed by atoms with E-state index in [1.165, 1.54) is 43.4 Å². The minimum Gasteiger partial charge on any atom is -0.309 e. The summed E-state index contributed by atoms with van der Waals surface area (Å²) in [5.41, 5.74) is 17.1. The summed E-state index contributed by atoms with van der Waals surface area (Å²) in [7, 11) is 0. The summed E-state index contributed by atoms with van der Waals surface area (Å²) < 4.78 is 7.17. The van der Waals surface area contributed by atoms with Gasteiger partial charge >= 0.3 is 0 Å². The number of aromatic nitrogens is 5. The van der Waals surface area contributed by atoms with Gasteiger partial charge in [-0.25, -0.2) is 9.97 Å². The molecule has 0 fully saturated rings. The van der Waals surface area contributed by atoms with Gasteiger partial charge in [-0.05, 0) is 90.0 Å². The van der Waals surface area contributed by atoms with Gasteiger partial charge in [0.2, 0.25) is 0 Å². The van der Waals surface area contributed by atoms with E-state index in [1.807, 2.05) is 0 Å². The maximum absolute atomic E-state index is 5.50. The van der Waals surface area contributed by atoms with Gasteiger partial charge in [0.15, 0.2) is 5.82 Å². The van der Waals surface area contributed by atoms with Crippen molar-refractivity contribution in [1.29, 1.82) is 0 Å². The number of rotatable bonds is 7. The number of hydrogen-bond donors (Lipinski definition) is 0. The maximum Gasteiger partial charge on any atom is 0.160 e. The highest BCUT2D eigenvalue weighted by atomic mass is 15.0. The molecule has 0 aliphatic heterocycles. The third-order valence-electron chi connectivity index (χ3n) is 13.8. The van der Waals surface area contributed by atoms with Crippen molar-refractivity contribution in [3.8, 4) is 62.1 Å². The highest BCUT2D eigenvalue weighted by Crippen LogP contribution is 2.39. The Morgan fingerprint density at radius 3 is 1.03 bits per heavy atom. The van der Waals surface area contributed by atoms with Crippen LogP contribution in [0.2, 0.25) is 0 Å². The van der Waals surface area contributed by atoms with Crippen molar-refractivity contribution in [2.45, 2.75) is 0 Å². The van der Waals surface area contributed by atoms with Gasteiger partial charge in [-0.1, -0.05) is 170 Å². The quantitative estimate of drug-likeness (QED) is 0.160. The lowest BCUT2D eigenvalue weighted by Gasteiger charge is -2.16. The van der Waals surface area contributed by atoms with Crippen LogP contribution in [-0.2, 0) is 0 Å². The molecule has 0 atom stereocenters. The van der Waals surface area contributed by atoms with Crippen LogP contribution in [0, 0.1) is 0 Å². The van der Waals surface area contributed by atoms with Crippen LogP contribution in [0.15, 0.2) is 249 Å². The fourth-order valence-electron chi connectivity index (χ4n) is 10.7. The molecule has 5 nitrogen and oxygen atoms in total. The van der Waals surface area contributed by atoms with Crippen LogP contribution in [0.4, 0.5) is 0 Å². The Hall–Kier alpha value is -9.32. The largest absolute Gasteiger partial charge is 0.309 e. The molecule has 10 aromatic carbocycles. The van der Waals surface area contributed by atoms with Crippen LogP contribution in [0.25, 0.3) is 128 Å². The van der Waals surface area contributed by atoms with Crippen molar-refractivity contribution in [2.24, 2.45) is 0 Å². The lowest BCUT2D eigenvalue weighted by molar-refractivity contribution is 1.13. The van der Waals surface area contributed by atoms with Gasteiger partial charge in [-0.15, -0.1) is 0 Å². The summed E-state index contributed by atoms with van der Waals surface area (Å²) in [6.07, 6.45) is 0. The fourth-order valence-corrected chi connectivity index (χ4v) is 10.7. The summed E-state index contributed by atoms with van der Waals surface area (Å²) in [6.45, 7) is 0. The normalized spacial score (nSPS) is 11.8. The van der Waals surface area contributed by atoms with Gasteiger partial charge < -0.3 is 13.7 Å².